The van der Waals surface area contributed by atoms with Gasteiger partial charge in [-0.05, 0) is 55.8 Å². The zero-order valence-electron chi connectivity index (χ0n) is 14.6. The molecule has 0 saturated heterocycles. The Morgan fingerprint density at radius 2 is 1.80 bits per heavy atom. The standard InChI is InChI=1S/C19H22N2O4/c1-14(2)25-16-10-8-15(9-11-16)12-20-21-19(22)13-24-18-7-5-4-6-17(18)23-3/h4-12,14H,13H2,1-3H3,(H,21,22)/b20-12-. The summed E-state index contributed by atoms with van der Waals surface area (Å²) < 4.78 is 16.1. The number of para-hydroxylation sites is 2. The molecule has 2 aromatic carbocycles. The summed E-state index contributed by atoms with van der Waals surface area (Å²) in [6, 6.07) is 14.6. The molecule has 6 heteroatoms. The van der Waals surface area contributed by atoms with Crippen molar-refractivity contribution in [3.05, 3.63) is 54.1 Å². The third-order valence-electron chi connectivity index (χ3n) is 3.08. The van der Waals surface area contributed by atoms with Gasteiger partial charge in [-0.2, -0.15) is 5.10 Å². The number of methoxy groups -OCH3 is 1. The molecule has 132 valence electrons. The minimum absolute atomic E-state index is 0.127. The third kappa shape index (κ3) is 6.18. The number of nitrogens with one attached hydrogen (secondary N) is 1. The SMILES string of the molecule is COc1ccccc1OCC(=O)N/N=C\c1ccc(OC(C)C)cc1. The minimum atomic E-state index is -0.359. The van der Waals surface area contributed by atoms with Crippen molar-refractivity contribution < 1.29 is 19.0 Å². The Labute approximate surface area is 147 Å². The molecule has 0 spiro atoms. The largest absolute Gasteiger partial charge is 0.493 e. The molecule has 25 heavy (non-hydrogen) atoms. The lowest BCUT2D eigenvalue weighted by Gasteiger charge is -2.09. The molecule has 1 N–H and O–H groups in total. The smallest absolute Gasteiger partial charge is 0.277 e. The van der Waals surface area contributed by atoms with E-state index in [-0.39, 0.29) is 18.6 Å². The highest BCUT2D eigenvalue weighted by Gasteiger charge is 2.05. The Bertz CT molecular complexity index is 712. The minimum Gasteiger partial charge on any atom is -0.493 e. The average Bonchev–Trinajstić information content (AvgIpc) is 2.61. The first kappa shape index (κ1) is 18.3. The number of ether oxygens (including phenoxy) is 3. The van der Waals surface area contributed by atoms with Crippen molar-refractivity contribution in [1.82, 2.24) is 5.43 Å². The van der Waals surface area contributed by atoms with Crippen LogP contribution in [0.4, 0.5) is 0 Å². The van der Waals surface area contributed by atoms with Crippen LogP contribution in [-0.4, -0.2) is 31.9 Å². The molecule has 0 unspecified atom stereocenters. The molecule has 2 rings (SSSR count). The fraction of sp³-hybridized carbons (Fsp3) is 0.263. The Balaban J connectivity index is 1.80. The molecular formula is C19H22N2O4. The first-order valence-electron chi connectivity index (χ1n) is 7.93. The highest BCUT2D eigenvalue weighted by molar-refractivity contribution is 5.83. The van der Waals surface area contributed by atoms with Crippen molar-refractivity contribution in [2.24, 2.45) is 5.10 Å². The lowest BCUT2D eigenvalue weighted by Crippen LogP contribution is -2.24. The Hall–Kier alpha value is -3.02. The molecule has 0 aliphatic heterocycles. The number of nitrogens with zero attached hydrogens (tertiary/aromatic N) is 1. The number of hydrogen-bond donors (Lipinski definition) is 1. The molecule has 0 aliphatic rings. The summed E-state index contributed by atoms with van der Waals surface area (Å²) in [5, 5.41) is 3.91. The molecule has 0 aromatic heterocycles. The molecule has 0 aliphatic carbocycles. The van der Waals surface area contributed by atoms with Gasteiger partial charge >= 0.3 is 0 Å². The van der Waals surface area contributed by atoms with E-state index in [1.54, 1.807) is 31.5 Å². The van der Waals surface area contributed by atoms with Crippen molar-refractivity contribution in [2.75, 3.05) is 13.7 Å². The summed E-state index contributed by atoms with van der Waals surface area (Å²) in [6.45, 7) is 3.79. The van der Waals surface area contributed by atoms with Crippen molar-refractivity contribution in [3.63, 3.8) is 0 Å². The Morgan fingerprint density at radius 3 is 2.44 bits per heavy atom. The van der Waals surface area contributed by atoms with E-state index >= 15 is 0 Å². The molecule has 0 heterocycles. The number of carbonyl (C=O) groups is 1. The van der Waals surface area contributed by atoms with Gasteiger partial charge in [0.05, 0.1) is 19.4 Å². The molecule has 6 nitrogen and oxygen atoms in total. The topological polar surface area (TPSA) is 69.2 Å². The average molecular weight is 342 g/mol. The van der Waals surface area contributed by atoms with Crippen molar-refractivity contribution in [3.8, 4) is 17.2 Å². The molecule has 1 amide bonds. The summed E-state index contributed by atoms with van der Waals surface area (Å²) in [6.07, 6.45) is 1.68. The molecule has 0 radical (unpaired) electrons. The van der Waals surface area contributed by atoms with E-state index in [0.29, 0.717) is 11.5 Å². The highest BCUT2D eigenvalue weighted by Crippen LogP contribution is 2.25. The predicted octanol–water partition coefficient (Wildman–Crippen LogP) is 3.01. The first-order valence-corrected chi connectivity index (χ1v) is 7.93. The van der Waals surface area contributed by atoms with Crippen LogP contribution in [0.2, 0.25) is 0 Å². The molecule has 2 aromatic rings. The van der Waals surface area contributed by atoms with Gasteiger partial charge < -0.3 is 14.2 Å². The van der Waals surface area contributed by atoms with Crippen LogP contribution in [-0.2, 0) is 4.79 Å². The lowest BCUT2D eigenvalue weighted by molar-refractivity contribution is -0.123. The molecular weight excluding hydrogens is 320 g/mol. The number of rotatable bonds is 8. The Morgan fingerprint density at radius 1 is 1.12 bits per heavy atom. The second-order valence-electron chi connectivity index (χ2n) is 5.47. The van der Waals surface area contributed by atoms with E-state index in [9.17, 15) is 4.79 Å². The lowest BCUT2D eigenvalue weighted by atomic mass is 10.2. The monoisotopic (exact) mass is 342 g/mol. The van der Waals surface area contributed by atoms with Crippen LogP contribution in [0.25, 0.3) is 0 Å². The molecule has 0 bridgehead atoms. The van der Waals surface area contributed by atoms with Crippen molar-refractivity contribution in [2.45, 2.75) is 20.0 Å². The van der Waals surface area contributed by atoms with Crippen molar-refractivity contribution in [1.29, 1.82) is 0 Å². The first-order chi connectivity index (χ1) is 12.1. The van der Waals surface area contributed by atoms with E-state index < -0.39 is 0 Å². The van der Waals surface area contributed by atoms with Crippen LogP contribution in [0, 0.1) is 0 Å². The van der Waals surface area contributed by atoms with Gasteiger partial charge in [-0.15, -0.1) is 0 Å². The Kier molecular flexibility index (Phi) is 6.83. The maximum absolute atomic E-state index is 11.8. The maximum Gasteiger partial charge on any atom is 0.277 e. The number of hydrazone groups is 1. The van der Waals surface area contributed by atoms with Gasteiger partial charge in [-0.3, -0.25) is 4.79 Å². The highest BCUT2D eigenvalue weighted by atomic mass is 16.5. The second-order valence-corrected chi connectivity index (χ2v) is 5.47. The van der Waals surface area contributed by atoms with Gasteiger partial charge in [0.2, 0.25) is 0 Å². The van der Waals surface area contributed by atoms with Gasteiger partial charge in [-0.25, -0.2) is 5.43 Å². The van der Waals surface area contributed by atoms with Crippen LogP contribution in [0.15, 0.2) is 53.6 Å². The maximum atomic E-state index is 11.8. The van der Waals surface area contributed by atoms with E-state index in [2.05, 4.69) is 10.5 Å². The van der Waals surface area contributed by atoms with Gasteiger partial charge in [0.25, 0.3) is 5.91 Å². The summed E-state index contributed by atoms with van der Waals surface area (Å²) in [5.41, 5.74) is 3.27. The van der Waals surface area contributed by atoms with Crippen LogP contribution in [0.1, 0.15) is 19.4 Å². The number of amides is 1. The fourth-order valence-corrected chi connectivity index (χ4v) is 2.00. The van der Waals surface area contributed by atoms with E-state index in [1.165, 1.54) is 0 Å². The van der Waals surface area contributed by atoms with Crippen LogP contribution < -0.4 is 19.6 Å². The molecule has 0 fully saturated rings. The third-order valence-corrected chi connectivity index (χ3v) is 3.08. The number of hydrogen-bond acceptors (Lipinski definition) is 5. The second kappa shape index (κ2) is 9.32. The van der Waals surface area contributed by atoms with Gasteiger partial charge in [0, 0.05) is 0 Å². The van der Waals surface area contributed by atoms with Gasteiger partial charge in [0.15, 0.2) is 18.1 Å². The summed E-state index contributed by atoms with van der Waals surface area (Å²) in [5.74, 6) is 1.51. The number of benzene rings is 2. The summed E-state index contributed by atoms with van der Waals surface area (Å²) in [4.78, 5) is 11.8. The summed E-state index contributed by atoms with van der Waals surface area (Å²) in [7, 11) is 1.55. The van der Waals surface area contributed by atoms with Gasteiger partial charge in [-0.1, -0.05) is 12.1 Å². The number of carbonyl (C=O) groups excluding carboxylic acids is 1. The molecule has 0 atom stereocenters. The van der Waals surface area contributed by atoms with Crippen LogP contribution in [0.3, 0.4) is 0 Å². The van der Waals surface area contributed by atoms with E-state index in [1.807, 2.05) is 44.2 Å². The van der Waals surface area contributed by atoms with Gasteiger partial charge in [0.1, 0.15) is 5.75 Å². The molecule has 0 saturated carbocycles. The van der Waals surface area contributed by atoms with E-state index in [0.717, 1.165) is 11.3 Å². The van der Waals surface area contributed by atoms with E-state index in [4.69, 9.17) is 14.2 Å². The predicted molar refractivity (Wildman–Crippen MR) is 96.4 cm³/mol. The zero-order chi connectivity index (χ0) is 18.1. The van der Waals surface area contributed by atoms with Crippen molar-refractivity contribution >= 4 is 12.1 Å². The zero-order valence-corrected chi connectivity index (χ0v) is 14.6. The normalized spacial score (nSPS) is 10.7. The quantitative estimate of drug-likeness (QED) is 0.591. The summed E-state index contributed by atoms with van der Waals surface area (Å²) >= 11 is 0. The fourth-order valence-electron chi connectivity index (χ4n) is 2.00. The van der Waals surface area contributed by atoms with Crippen LogP contribution >= 0.6 is 0 Å². The van der Waals surface area contributed by atoms with Crippen LogP contribution in [0.5, 0.6) is 17.2 Å².